The van der Waals surface area contributed by atoms with Crippen LogP contribution in [0.1, 0.15) is 34.5 Å². The molecule has 28 heavy (non-hydrogen) atoms. The molecule has 0 aliphatic rings. The summed E-state index contributed by atoms with van der Waals surface area (Å²) in [5.74, 6) is -2.14. The number of halogens is 3. The minimum absolute atomic E-state index is 0.121. The van der Waals surface area contributed by atoms with E-state index < -0.39 is 17.5 Å². The fraction of sp³-hybridized carbons (Fsp3) is 0.143. The van der Waals surface area contributed by atoms with Gasteiger partial charge in [-0.2, -0.15) is 0 Å². The van der Waals surface area contributed by atoms with E-state index in [0.29, 0.717) is 12.4 Å². The number of pyridine rings is 1. The summed E-state index contributed by atoms with van der Waals surface area (Å²) in [6.45, 7) is 2.17. The molecule has 1 heterocycles. The predicted molar refractivity (Wildman–Crippen MR) is 102 cm³/mol. The number of rotatable bonds is 6. The summed E-state index contributed by atoms with van der Waals surface area (Å²) in [5, 5.41) is 2.57. The molecule has 3 rings (SSSR count). The quantitative estimate of drug-likeness (QED) is 0.585. The van der Waals surface area contributed by atoms with Gasteiger partial charge in [-0.05, 0) is 42.8 Å². The number of nitrogens with one attached hydrogen (secondary N) is 1. The van der Waals surface area contributed by atoms with E-state index in [1.54, 1.807) is 31.5 Å². The minimum atomic E-state index is -1.13. The Bertz CT molecular complexity index is 966. The van der Waals surface area contributed by atoms with Crippen molar-refractivity contribution in [2.45, 2.75) is 19.6 Å². The second-order valence-electron chi connectivity index (χ2n) is 6.16. The van der Waals surface area contributed by atoms with Crippen LogP contribution in [0, 0.1) is 11.6 Å². The zero-order valence-corrected chi connectivity index (χ0v) is 15.7. The summed E-state index contributed by atoms with van der Waals surface area (Å²) >= 11 is 5.84. The van der Waals surface area contributed by atoms with E-state index in [9.17, 15) is 13.6 Å². The highest BCUT2D eigenvalue weighted by Crippen LogP contribution is 2.22. The van der Waals surface area contributed by atoms with Gasteiger partial charge in [-0.15, -0.1) is 0 Å². The molecule has 1 aromatic heterocycles. The van der Waals surface area contributed by atoms with Crippen LogP contribution in [-0.2, 0) is 6.61 Å². The van der Waals surface area contributed by atoms with Crippen molar-refractivity contribution in [2.24, 2.45) is 0 Å². The molecule has 1 N–H and O–H groups in total. The molecule has 4 nitrogen and oxygen atoms in total. The molecule has 0 saturated carbocycles. The molecule has 0 radical (unpaired) electrons. The fourth-order valence-electron chi connectivity index (χ4n) is 2.56. The van der Waals surface area contributed by atoms with Crippen molar-refractivity contribution >= 4 is 17.5 Å². The number of carbonyl (C=O) groups excluding carboxylic acids is 1. The third-order valence-electron chi connectivity index (χ3n) is 4.11. The predicted octanol–water partition coefficient (Wildman–Crippen LogP) is 5.08. The van der Waals surface area contributed by atoms with E-state index in [4.69, 9.17) is 16.3 Å². The first-order valence-corrected chi connectivity index (χ1v) is 8.89. The lowest BCUT2D eigenvalue weighted by Gasteiger charge is -2.16. The van der Waals surface area contributed by atoms with Gasteiger partial charge in [0.05, 0.1) is 16.6 Å². The largest absolute Gasteiger partial charge is 0.489 e. The molecule has 0 fully saturated rings. The highest BCUT2D eigenvalue weighted by Gasteiger charge is 2.17. The Morgan fingerprint density at radius 3 is 2.57 bits per heavy atom. The molecule has 0 bridgehead atoms. The van der Waals surface area contributed by atoms with Gasteiger partial charge in [0.25, 0.3) is 5.91 Å². The van der Waals surface area contributed by atoms with Crippen LogP contribution in [0.2, 0.25) is 5.02 Å². The standard InChI is InChI=1S/C21H17ClF2N2O2/c1-13(26-21(27)17-9-19(23)20(24)10-18(17)22)15-4-6-16(7-5-15)28-12-14-3-2-8-25-11-14/h2-11,13H,12H2,1H3,(H,26,27). The molecule has 0 aliphatic carbocycles. The van der Waals surface area contributed by atoms with Crippen molar-refractivity contribution in [2.75, 3.05) is 0 Å². The maximum absolute atomic E-state index is 13.4. The van der Waals surface area contributed by atoms with Gasteiger partial charge in [0.15, 0.2) is 11.6 Å². The first-order chi connectivity index (χ1) is 13.4. The van der Waals surface area contributed by atoms with E-state index >= 15 is 0 Å². The van der Waals surface area contributed by atoms with Crippen LogP contribution in [0.5, 0.6) is 5.75 Å². The summed E-state index contributed by atoms with van der Waals surface area (Å²) in [4.78, 5) is 16.4. The van der Waals surface area contributed by atoms with E-state index in [0.717, 1.165) is 23.3 Å². The van der Waals surface area contributed by atoms with Crippen molar-refractivity contribution in [3.05, 3.63) is 94.3 Å². The molecule has 0 saturated heterocycles. The maximum atomic E-state index is 13.4. The summed E-state index contributed by atoms with van der Waals surface area (Å²) in [7, 11) is 0. The lowest BCUT2D eigenvalue weighted by atomic mass is 10.1. The van der Waals surface area contributed by atoms with Gasteiger partial charge in [0, 0.05) is 18.0 Å². The molecule has 1 amide bonds. The number of amides is 1. The Kier molecular flexibility index (Phi) is 6.21. The summed E-state index contributed by atoms with van der Waals surface area (Å²) in [6.07, 6.45) is 3.43. The highest BCUT2D eigenvalue weighted by molar-refractivity contribution is 6.33. The van der Waals surface area contributed by atoms with Gasteiger partial charge in [-0.25, -0.2) is 8.78 Å². The second kappa shape index (κ2) is 8.80. The third-order valence-corrected chi connectivity index (χ3v) is 4.42. The Morgan fingerprint density at radius 2 is 1.89 bits per heavy atom. The van der Waals surface area contributed by atoms with Crippen molar-refractivity contribution in [3.63, 3.8) is 0 Å². The van der Waals surface area contributed by atoms with Crippen LogP contribution >= 0.6 is 11.6 Å². The van der Waals surface area contributed by atoms with Crippen LogP contribution in [0.4, 0.5) is 8.78 Å². The first-order valence-electron chi connectivity index (χ1n) is 8.51. The van der Waals surface area contributed by atoms with Gasteiger partial charge in [0.2, 0.25) is 0 Å². The SMILES string of the molecule is CC(NC(=O)c1cc(F)c(F)cc1Cl)c1ccc(OCc2cccnc2)cc1. The number of nitrogens with zero attached hydrogens (tertiary/aromatic N) is 1. The van der Waals surface area contributed by atoms with Crippen molar-refractivity contribution in [1.82, 2.24) is 10.3 Å². The van der Waals surface area contributed by atoms with Gasteiger partial charge in [-0.1, -0.05) is 29.8 Å². The maximum Gasteiger partial charge on any atom is 0.253 e. The third kappa shape index (κ3) is 4.84. The average molecular weight is 403 g/mol. The molecule has 0 aliphatic heterocycles. The normalized spacial score (nSPS) is 11.7. The van der Waals surface area contributed by atoms with E-state index in [1.165, 1.54) is 0 Å². The van der Waals surface area contributed by atoms with Gasteiger partial charge in [0.1, 0.15) is 12.4 Å². The molecule has 3 aromatic rings. The highest BCUT2D eigenvalue weighted by atomic mass is 35.5. The number of aromatic nitrogens is 1. The summed E-state index contributed by atoms with van der Waals surface area (Å²) in [6, 6.07) is 12.2. The first kappa shape index (κ1) is 19.8. The molecule has 7 heteroatoms. The van der Waals surface area contributed by atoms with Gasteiger partial charge < -0.3 is 10.1 Å². The van der Waals surface area contributed by atoms with Crippen molar-refractivity contribution in [3.8, 4) is 5.75 Å². The van der Waals surface area contributed by atoms with Crippen LogP contribution in [-0.4, -0.2) is 10.9 Å². The van der Waals surface area contributed by atoms with Crippen molar-refractivity contribution < 1.29 is 18.3 Å². The number of hydrogen-bond donors (Lipinski definition) is 1. The smallest absolute Gasteiger partial charge is 0.253 e. The Hall–Kier alpha value is -2.99. The monoisotopic (exact) mass is 402 g/mol. The van der Waals surface area contributed by atoms with E-state index in [-0.39, 0.29) is 16.6 Å². The number of hydrogen-bond acceptors (Lipinski definition) is 3. The Labute approximate surface area is 166 Å². The zero-order valence-electron chi connectivity index (χ0n) is 15.0. The van der Waals surface area contributed by atoms with E-state index in [1.807, 2.05) is 24.3 Å². The second-order valence-corrected chi connectivity index (χ2v) is 6.57. The lowest BCUT2D eigenvalue weighted by molar-refractivity contribution is 0.0939. The van der Waals surface area contributed by atoms with Crippen molar-refractivity contribution in [1.29, 1.82) is 0 Å². The number of ether oxygens (including phenoxy) is 1. The van der Waals surface area contributed by atoms with Gasteiger partial charge >= 0.3 is 0 Å². The van der Waals surface area contributed by atoms with Crippen LogP contribution in [0.3, 0.4) is 0 Å². The van der Waals surface area contributed by atoms with Crippen LogP contribution in [0.15, 0.2) is 60.9 Å². The Morgan fingerprint density at radius 1 is 1.18 bits per heavy atom. The number of benzene rings is 2. The average Bonchev–Trinajstić information content (AvgIpc) is 2.70. The molecular weight excluding hydrogens is 386 g/mol. The minimum Gasteiger partial charge on any atom is -0.489 e. The molecule has 0 spiro atoms. The number of carbonyl (C=O) groups is 1. The molecule has 2 aromatic carbocycles. The summed E-state index contributed by atoms with van der Waals surface area (Å²) < 4.78 is 32.2. The fourth-order valence-corrected chi connectivity index (χ4v) is 2.79. The van der Waals surface area contributed by atoms with Crippen LogP contribution < -0.4 is 10.1 Å². The molecular formula is C21H17ClF2N2O2. The lowest BCUT2D eigenvalue weighted by Crippen LogP contribution is -2.27. The summed E-state index contributed by atoms with van der Waals surface area (Å²) in [5.41, 5.74) is 1.65. The van der Waals surface area contributed by atoms with Crippen LogP contribution in [0.25, 0.3) is 0 Å². The zero-order chi connectivity index (χ0) is 20.1. The van der Waals surface area contributed by atoms with E-state index in [2.05, 4.69) is 10.3 Å². The van der Waals surface area contributed by atoms with Gasteiger partial charge in [-0.3, -0.25) is 9.78 Å². The molecule has 1 atom stereocenters. The topological polar surface area (TPSA) is 51.2 Å². The Balaban J connectivity index is 1.62. The molecule has 1 unspecified atom stereocenters. The molecule has 144 valence electrons.